The van der Waals surface area contributed by atoms with Crippen molar-refractivity contribution in [2.45, 2.75) is 103 Å². The van der Waals surface area contributed by atoms with Gasteiger partial charge in [-0.05, 0) is 67.8 Å². The zero-order valence-corrected chi connectivity index (χ0v) is 19.7. The maximum Gasteiger partial charge on any atom is 0.130 e. The molecule has 0 amide bonds. The molecule has 4 aliphatic carbocycles. The Morgan fingerprint density at radius 3 is 2.50 bits per heavy atom. The standard InChI is InChI=1S/C27H42O3/c1-6-18(2)7-8-19(3)21-9-10-22-24(21,4)13-12-23-25(5)14-11-20(28)17-26(25)15-16-27(22,23)30-29-26/h7-8,15-16,18-23,28H,6,9-14,17H2,1-5H3/b8-7-/t18?,19-,20+,21-,22-,23-,24-,25-,26-,27+/m1/s1. The first-order valence-corrected chi connectivity index (χ1v) is 12.6. The second-order valence-corrected chi connectivity index (χ2v) is 12.0. The van der Waals surface area contributed by atoms with Crippen LogP contribution in [0.4, 0.5) is 0 Å². The van der Waals surface area contributed by atoms with E-state index in [0.717, 1.165) is 12.8 Å². The summed E-state index contributed by atoms with van der Waals surface area (Å²) in [6.07, 6.45) is 18.2. The maximum absolute atomic E-state index is 10.4. The number of aliphatic hydroxyl groups excluding tert-OH is 1. The van der Waals surface area contributed by atoms with Crippen LogP contribution in [0.3, 0.4) is 0 Å². The molecular formula is C27H42O3. The monoisotopic (exact) mass is 414 g/mol. The summed E-state index contributed by atoms with van der Waals surface area (Å²) in [5.74, 6) is 3.01. The van der Waals surface area contributed by atoms with Gasteiger partial charge in [-0.2, -0.15) is 0 Å². The lowest BCUT2D eigenvalue weighted by Gasteiger charge is -2.69. The van der Waals surface area contributed by atoms with E-state index in [9.17, 15) is 5.11 Å². The number of hydrogen-bond donors (Lipinski definition) is 1. The van der Waals surface area contributed by atoms with E-state index >= 15 is 0 Å². The zero-order chi connectivity index (χ0) is 21.4. The summed E-state index contributed by atoms with van der Waals surface area (Å²) in [6, 6.07) is 0. The molecule has 3 nitrogen and oxygen atoms in total. The Morgan fingerprint density at radius 1 is 1.00 bits per heavy atom. The van der Waals surface area contributed by atoms with Gasteiger partial charge >= 0.3 is 0 Å². The van der Waals surface area contributed by atoms with Gasteiger partial charge in [0.1, 0.15) is 11.2 Å². The molecule has 2 aliphatic heterocycles. The van der Waals surface area contributed by atoms with Crippen LogP contribution in [0.25, 0.3) is 0 Å². The molecule has 0 radical (unpaired) electrons. The van der Waals surface area contributed by atoms with E-state index in [1.54, 1.807) is 0 Å². The van der Waals surface area contributed by atoms with E-state index in [1.165, 1.54) is 32.1 Å². The minimum absolute atomic E-state index is 0.0702. The maximum atomic E-state index is 10.4. The Labute approximate surface area is 183 Å². The predicted molar refractivity (Wildman–Crippen MR) is 120 cm³/mol. The van der Waals surface area contributed by atoms with Crippen LogP contribution in [0.5, 0.6) is 0 Å². The van der Waals surface area contributed by atoms with Crippen molar-refractivity contribution < 1.29 is 14.9 Å². The molecule has 10 atom stereocenters. The van der Waals surface area contributed by atoms with Crippen LogP contribution in [-0.2, 0) is 9.78 Å². The summed E-state index contributed by atoms with van der Waals surface area (Å²) >= 11 is 0. The van der Waals surface area contributed by atoms with Gasteiger partial charge in [-0.15, -0.1) is 0 Å². The Kier molecular flexibility index (Phi) is 4.90. The third-order valence-corrected chi connectivity index (χ3v) is 10.7. The van der Waals surface area contributed by atoms with E-state index in [1.807, 2.05) is 0 Å². The van der Waals surface area contributed by atoms with Gasteiger partial charge in [0.05, 0.1) is 6.10 Å². The molecule has 2 spiro atoms. The van der Waals surface area contributed by atoms with Crippen molar-refractivity contribution >= 4 is 0 Å². The second-order valence-electron chi connectivity index (χ2n) is 12.0. The highest BCUT2D eigenvalue weighted by Crippen LogP contribution is 2.72. The number of fused-ring (bicyclic) bond motifs is 2. The van der Waals surface area contributed by atoms with Crippen molar-refractivity contribution in [3.8, 4) is 0 Å². The fraction of sp³-hybridized carbons (Fsp3) is 0.852. The quantitative estimate of drug-likeness (QED) is 0.438. The minimum atomic E-state index is -0.435. The minimum Gasteiger partial charge on any atom is -0.393 e. The fourth-order valence-corrected chi connectivity index (χ4v) is 8.64. The molecule has 1 N–H and O–H groups in total. The molecule has 1 saturated heterocycles. The molecule has 0 aromatic carbocycles. The van der Waals surface area contributed by atoms with Gasteiger partial charge in [-0.25, -0.2) is 9.78 Å². The van der Waals surface area contributed by atoms with Crippen molar-refractivity contribution in [1.82, 2.24) is 0 Å². The van der Waals surface area contributed by atoms with Crippen LogP contribution in [0, 0.1) is 40.4 Å². The topological polar surface area (TPSA) is 38.7 Å². The van der Waals surface area contributed by atoms with Crippen molar-refractivity contribution in [3.63, 3.8) is 0 Å². The van der Waals surface area contributed by atoms with Crippen molar-refractivity contribution in [2.75, 3.05) is 0 Å². The van der Waals surface area contributed by atoms with Crippen molar-refractivity contribution in [3.05, 3.63) is 24.3 Å². The molecule has 30 heavy (non-hydrogen) atoms. The molecule has 4 fully saturated rings. The van der Waals surface area contributed by atoms with Crippen LogP contribution in [0.1, 0.15) is 86.0 Å². The average molecular weight is 415 g/mol. The molecule has 2 heterocycles. The van der Waals surface area contributed by atoms with E-state index in [2.05, 4.69) is 58.9 Å². The van der Waals surface area contributed by atoms with E-state index < -0.39 is 5.60 Å². The van der Waals surface area contributed by atoms with Crippen molar-refractivity contribution in [1.29, 1.82) is 0 Å². The van der Waals surface area contributed by atoms with Gasteiger partial charge in [-0.3, -0.25) is 0 Å². The molecule has 168 valence electrons. The van der Waals surface area contributed by atoms with E-state index in [-0.39, 0.29) is 17.1 Å². The molecule has 0 aromatic rings. The van der Waals surface area contributed by atoms with Crippen LogP contribution in [0.15, 0.2) is 24.3 Å². The van der Waals surface area contributed by atoms with E-state index in [0.29, 0.717) is 41.4 Å². The zero-order valence-electron chi connectivity index (χ0n) is 19.7. The molecule has 6 rings (SSSR count). The SMILES string of the molecule is CCC(C)/C=C\[C@@H](C)[C@H]1CC[C@@H]2[C@]1(C)CC[C@H]1[C@]23C=C[C@]2(C[C@@H](O)CC[C@]12C)OO3. The summed E-state index contributed by atoms with van der Waals surface area (Å²) in [5, 5.41) is 10.4. The predicted octanol–water partition coefficient (Wildman–Crippen LogP) is 6.23. The first-order chi connectivity index (χ1) is 14.2. The lowest BCUT2D eigenvalue weighted by molar-refractivity contribution is -0.497. The summed E-state index contributed by atoms with van der Waals surface area (Å²) in [5.41, 5.74) is -0.345. The number of rotatable bonds is 4. The highest BCUT2D eigenvalue weighted by Gasteiger charge is 2.74. The van der Waals surface area contributed by atoms with Crippen LogP contribution in [0.2, 0.25) is 0 Å². The molecule has 6 aliphatic rings. The van der Waals surface area contributed by atoms with Crippen LogP contribution < -0.4 is 0 Å². The molecule has 3 heteroatoms. The lowest BCUT2D eigenvalue weighted by Crippen LogP contribution is -2.73. The largest absolute Gasteiger partial charge is 0.393 e. The highest BCUT2D eigenvalue weighted by molar-refractivity contribution is 5.33. The Hall–Kier alpha value is -0.640. The van der Waals surface area contributed by atoms with Crippen LogP contribution in [-0.4, -0.2) is 22.4 Å². The van der Waals surface area contributed by atoms with Gasteiger partial charge in [0.25, 0.3) is 0 Å². The molecule has 3 saturated carbocycles. The summed E-state index contributed by atoms with van der Waals surface area (Å²) < 4.78 is 0. The Balaban J connectivity index is 1.47. The fourth-order valence-electron chi connectivity index (χ4n) is 8.64. The molecule has 0 aromatic heterocycles. The molecule has 1 unspecified atom stereocenters. The highest BCUT2D eigenvalue weighted by atomic mass is 17.2. The molecule has 2 bridgehead atoms. The van der Waals surface area contributed by atoms with Gasteiger partial charge in [0.2, 0.25) is 0 Å². The number of allylic oxidation sites excluding steroid dienone is 2. The van der Waals surface area contributed by atoms with Gasteiger partial charge in [0, 0.05) is 23.7 Å². The van der Waals surface area contributed by atoms with Crippen molar-refractivity contribution in [2.24, 2.45) is 40.4 Å². The Bertz CT molecular complexity index is 744. The lowest BCUT2D eigenvalue weighted by atomic mass is 9.43. The number of aliphatic hydroxyl groups is 1. The third kappa shape index (κ3) is 2.61. The third-order valence-electron chi connectivity index (χ3n) is 10.7. The van der Waals surface area contributed by atoms with Gasteiger partial charge in [-0.1, -0.05) is 59.3 Å². The summed E-state index contributed by atoms with van der Waals surface area (Å²) in [6.45, 7) is 12.0. The summed E-state index contributed by atoms with van der Waals surface area (Å²) in [7, 11) is 0. The van der Waals surface area contributed by atoms with Gasteiger partial charge in [0.15, 0.2) is 0 Å². The second kappa shape index (κ2) is 6.93. The molecular weight excluding hydrogens is 372 g/mol. The first kappa shape index (κ1) is 21.2. The normalized spacial score (nSPS) is 53.9. The van der Waals surface area contributed by atoms with Crippen LogP contribution >= 0.6 is 0 Å². The Morgan fingerprint density at radius 2 is 1.80 bits per heavy atom. The first-order valence-electron chi connectivity index (χ1n) is 12.6. The number of hydrogen-bond acceptors (Lipinski definition) is 3. The smallest absolute Gasteiger partial charge is 0.130 e. The summed E-state index contributed by atoms with van der Waals surface area (Å²) in [4.78, 5) is 12.7. The van der Waals surface area contributed by atoms with E-state index in [4.69, 9.17) is 9.78 Å². The average Bonchev–Trinajstić information content (AvgIpc) is 3.09. The van der Waals surface area contributed by atoms with Gasteiger partial charge < -0.3 is 5.11 Å².